The number of unbranched alkanes of at least 4 members (excludes halogenated alkanes) is 3. The van der Waals surface area contributed by atoms with E-state index in [2.05, 4.69) is 38.0 Å². The van der Waals surface area contributed by atoms with Crippen LogP contribution >= 0.6 is 0 Å². The van der Waals surface area contributed by atoms with E-state index in [1.54, 1.807) is 0 Å². The highest BCUT2D eigenvalue weighted by Crippen LogP contribution is 2.01. The average Bonchev–Trinajstić information content (AvgIpc) is 2.38. The number of nitrogens with zero attached hydrogens (tertiary/aromatic N) is 1. The Kier molecular flexibility index (Phi) is 17.5. The van der Waals surface area contributed by atoms with Crippen molar-refractivity contribution in [3.05, 3.63) is 12.7 Å². The van der Waals surface area contributed by atoms with Gasteiger partial charge in [0.05, 0.1) is 0 Å². The summed E-state index contributed by atoms with van der Waals surface area (Å²) in [6.45, 7) is 13.9. The Bertz CT molecular complexity index is 174. The highest BCUT2D eigenvalue weighted by molar-refractivity contribution is 5.84. The average molecular weight is 256 g/mol. The Morgan fingerprint density at radius 3 is 1.44 bits per heavy atom. The SMILES string of the molecule is C=CC(N)=O.CCCCN(CCCC)CCCC. The topological polar surface area (TPSA) is 46.3 Å². The summed E-state index contributed by atoms with van der Waals surface area (Å²) in [6.07, 6.45) is 9.15. The van der Waals surface area contributed by atoms with Gasteiger partial charge in [-0.1, -0.05) is 46.6 Å². The molecule has 3 nitrogen and oxygen atoms in total. The fourth-order valence-corrected chi connectivity index (χ4v) is 1.48. The third-order valence-electron chi connectivity index (χ3n) is 2.68. The molecule has 0 saturated carbocycles. The molecule has 0 spiro atoms. The van der Waals surface area contributed by atoms with Gasteiger partial charge in [-0.05, 0) is 45.0 Å². The summed E-state index contributed by atoms with van der Waals surface area (Å²) < 4.78 is 0. The Labute approximate surface area is 113 Å². The summed E-state index contributed by atoms with van der Waals surface area (Å²) in [5, 5.41) is 0. The second kappa shape index (κ2) is 16.2. The lowest BCUT2D eigenvalue weighted by Gasteiger charge is -2.21. The molecular weight excluding hydrogens is 224 g/mol. The van der Waals surface area contributed by atoms with Gasteiger partial charge in [0, 0.05) is 0 Å². The first-order valence-corrected chi connectivity index (χ1v) is 7.26. The van der Waals surface area contributed by atoms with Crippen LogP contribution in [0.2, 0.25) is 0 Å². The lowest BCUT2D eigenvalue weighted by atomic mass is 10.2. The molecule has 18 heavy (non-hydrogen) atoms. The quantitative estimate of drug-likeness (QED) is 0.609. The minimum absolute atomic E-state index is 0.481. The highest BCUT2D eigenvalue weighted by Gasteiger charge is 2.01. The number of carbonyl (C=O) groups is 1. The molecule has 2 N–H and O–H groups in total. The van der Waals surface area contributed by atoms with Crippen LogP contribution < -0.4 is 5.73 Å². The van der Waals surface area contributed by atoms with E-state index in [1.807, 2.05) is 0 Å². The lowest BCUT2D eigenvalue weighted by Crippen LogP contribution is -2.27. The van der Waals surface area contributed by atoms with Crippen molar-refractivity contribution < 1.29 is 4.79 Å². The predicted molar refractivity (Wildman–Crippen MR) is 80.6 cm³/mol. The van der Waals surface area contributed by atoms with Gasteiger partial charge in [0.25, 0.3) is 0 Å². The van der Waals surface area contributed by atoms with Crippen molar-refractivity contribution in [1.29, 1.82) is 0 Å². The number of hydrogen-bond donors (Lipinski definition) is 1. The maximum absolute atomic E-state index is 9.47. The molecule has 108 valence electrons. The van der Waals surface area contributed by atoms with E-state index in [-0.39, 0.29) is 0 Å². The van der Waals surface area contributed by atoms with Crippen molar-refractivity contribution in [2.45, 2.75) is 59.3 Å². The van der Waals surface area contributed by atoms with Gasteiger partial charge in [-0.2, -0.15) is 0 Å². The summed E-state index contributed by atoms with van der Waals surface area (Å²) in [5.74, 6) is -0.481. The van der Waals surface area contributed by atoms with Crippen molar-refractivity contribution in [3.63, 3.8) is 0 Å². The molecule has 0 aliphatic rings. The van der Waals surface area contributed by atoms with E-state index in [0.717, 1.165) is 6.08 Å². The Morgan fingerprint density at radius 2 is 1.28 bits per heavy atom. The second-order valence-corrected chi connectivity index (χ2v) is 4.51. The molecule has 0 heterocycles. The van der Waals surface area contributed by atoms with Gasteiger partial charge in [0.1, 0.15) is 0 Å². The second-order valence-electron chi connectivity index (χ2n) is 4.51. The largest absolute Gasteiger partial charge is 0.366 e. The zero-order valence-corrected chi connectivity index (χ0v) is 12.6. The minimum Gasteiger partial charge on any atom is -0.366 e. The number of carbonyl (C=O) groups excluding carboxylic acids is 1. The van der Waals surface area contributed by atoms with Crippen molar-refractivity contribution in [2.24, 2.45) is 5.73 Å². The maximum Gasteiger partial charge on any atom is 0.240 e. The van der Waals surface area contributed by atoms with Gasteiger partial charge >= 0.3 is 0 Å². The molecule has 0 aromatic carbocycles. The first-order valence-electron chi connectivity index (χ1n) is 7.26. The summed E-state index contributed by atoms with van der Waals surface area (Å²) in [6, 6.07) is 0. The fourth-order valence-electron chi connectivity index (χ4n) is 1.48. The summed E-state index contributed by atoms with van der Waals surface area (Å²) in [5.41, 5.74) is 4.53. The van der Waals surface area contributed by atoms with Crippen LogP contribution in [0.25, 0.3) is 0 Å². The van der Waals surface area contributed by atoms with E-state index < -0.39 is 5.91 Å². The van der Waals surface area contributed by atoms with Gasteiger partial charge in [-0.25, -0.2) is 0 Å². The number of rotatable bonds is 10. The van der Waals surface area contributed by atoms with Crippen LogP contribution in [0.4, 0.5) is 0 Å². The first kappa shape index (κ1) is 19.5. The van der Waals surface area contributed by atoms with Crippen LogP contribution in [0.1, 0.15) is 59.3 Å². The molecule has 0 fully saturated rings. The van der Waals surface area contributed by atoms with Crippen molar-refractivity contribution in [2.75, 3.05) is 19.6 Å². The molecule has 0 atom stereocenters. The highest BCUT2D eigenvalue weighted by atomic mass is 16.1. The smallest absolute Gasteiger partial charge is 0.240 e. The van der Waals surface area contributed by atoms with Crippen molar-refractivity contribution >= 4 is 5.91 Å². The predicted octanol–water partition coefficient (Wildman–Crippen LogP) is 3.35. The van der Waals surface area contributed by atoms with Crippen LogP contribution in [0.5, 0.6) is 0 Å². The first-order chi connectivity index (χ1) is 8.62. The third kappa shape index (κ3) is 17.6. The van der Waals surface area contributed by atoms with E-state index in [9.17, 15) is 4.79 Å². The molecule has 0 aromatic rings. The summed E-state index contributed by atoms with van der Waals surface area (Å²) in [7, 11) is 0. The Morgan fingerprint density at radius 1 is 1.00 bits per heavy atom. The molecule has 0 saturated heterocycles. The molecule has 0 bridgehead atoms. The van der Waals surface area contributed by atoms with Gasteiger partial charge in [-0.3, -0.25) is 4.79 Å². The van der Waals surface area contributed by atoms with Crippen LogP contribution in [0.3, 0.4) is 0 Å². The lowest BCUT2D eigenvalue weighted by molar-refractivity contribution is -0.113. The van der Waals surface area contributed by atoms with Crippen LogP contribution in [-0.4, -0.2) is 30.4 Å². The molecule has 0 radical (unpaired) electrons. The van der Waals surface area contributed by atoms with E-state index in [0.29, 0.717) is 0 Å². The van der Waals surface area contributed by atoms with Crippen LogP contribution in [-0.2, 0) is 4.79 Å². The van der Waals surface area contributed by atoms with E-state index >= 15 is 0 Å². The monoisotopic (exact) mass is 256 g/mol. The zero-order chi connectivity index (χ0) is 14.2. The summed E-state index contributed by atoms with van der Waals surface area (Å²) in [4.78, 5) is 12.1. The molecule has 0 rings (SSSR count). The van der Waals surface area contributed by atoms with Gasteiger partial charge in [0.15, 0.2) is 0 Å². The molecule has 1 amide bonds. The maximum atomic E-state index is 9.47. The van der Waals surface area contributed by atoms with Crippen LogP contribution in [0, 0.1) is 0 Å². The number of hydrogen-bond acceptors (Lipinski definition) is 2. The molecule has 0 unspecified atom stereocenters. The molecular formula is C15H32N2O. The van der Waals surface area contributed by atoms with Crippen molar-refractivity contribution in [3.8, 4) is 0 Å². The Hall–Kier alpha value is -0.830. The Balaban J connectivity index is 0. The normalized spacial score (nSPS) is 9.78. The fraction of sp³-hybridized carbons (Fsp3) is 0.800. The van der Waals surface area contributed by atoms with Gasteiger partial charge in [-0.15, -0.1) is 0 Å². The zero-order valence-electron chi connectivity index (χ0n) is 12.6. The van der Waals surface area contributed by atoms with E-state index in [1.165, 1.54) is 58.2 Å². The van der Waals surface area contributed by atoms with Gasteiger partial charge < -0.3 is 10.6 Å². The number of primary amides is 1. The van der Waals surface area contributed by atoms with E-state index in [4.69, 9.17) is 0 Å². The molecule has 0 aliphatic carbocycles. The standard InChI is InChI=1S/C12H27N.C3H5NO/c1-4-7-10-13(11-8-5-2)12-9-6-3;1-2-3(4)5/h4-12H2,1-3H3;2H,1H2,(H2,4,5). The number of nitrogens with two attached hydrogens (primary N) is 1. The minimum atomic E-state index is -0.481. The van der Waals surface area contributed by atoms with Crippen LogP contribution in [0.15, 0.2) is 12.7 Å². The third-order valence-corrected chi connectivity index (χ3v) is 2.68. The molecule has 0 aromatic heterocycles. The molecule has 0 aliphatic heterocycles. The van der Waals surface area contributed by atoms with Gasteiger partial charge in [0.2, 0.25) is 5.91 Å². The van der Waals surface area contributed by atoms with Crippen molar-refractivity contribution in [1.82, 2.24) is 4.90 Å². The summed E-state index contributed by atoms with van der Waals surface area (Å²) >= 11 is 0. The number of amides is 1. The molecule has 3 heteroatoms.